The van der Waals surface area contributed by atoms with Gasteiger partial charge in [0.15, 0.2) is 0 Å². The van der Waals surface area contributed by atoms with Crippen LogP contribution in [0.25, 0.3) is 0 Å². The molecule has 2 rings (SSSR count). The minimum Gasteiger partial charge on any atom is -0.469 e. The van der Waals surface area contributed by atoms with Crippen LogP contribution in [0.1, 0.15) is 12.2 Å². The minimum atomic E-state index is 0.186. The van der Waals surface area contributed by atoms with E-state index < -0.39 is 0 Å². The summed E-state index contributed by atoms with van der Waals surface area (Å²) in [5.41, 5.74) is 5.52. The van der Waals surface area contributed by atoms with Gasteiger partial charge in [0.05, 0.1) is 11.3 Å². The predicted molar refractivity (Wildman–Crippen MR) is 76.8 cm³/mol. The molecule has 0 atom stereocenters. The molecule has 0 unspecified atom stereocenters. The van der Waals surface area contributed by atoms with Crippen LogP contribution in [0.15, 0.2) is 22.8 Å². The molecular weight excluding hydrogens is 262 g/mol. The van der Waals surface area contributed by atoms with Crippen molar-refractivity contribution in [2.24, 2.45) is 5.73 Å². The third kappa shape index (κ3) is 4.33. The molecule has 0 aromatic carbocycles. The van der Waals surface area contributed by atoms with Crippen molar-refractivity contribution in [3.8, 4) is 0 Å². The van der Waals surface area contributed by atoms with Crippen molar-refractivity contribution >= 4 is 23.1 Å². The Kier molecular flexibility index (Phi) is 4.93. The van der Waals surface area contributed by atoms with E-state index in [1.807, 2.05) is 17.0 Å². The summed E-state index contributed by atoms with van der Waals surface area (Å²) >= 11 is 4.89. The van der Waals surface area contributed by atoms with Crippen LogP contribution in [0.2, 0.25) is 0 Å². The summed E-state index contributed by atoms with van der Waals surface area (Å²) in [6.45, 7) is 3.82. The molecule has 1 fully saturated rings. The van der Waals surface area contributed by atoms with Crippen molar-refractivity contribution in [1.82, 2.24) is 9.80 Å². The van der Waals surface area contributed by atoms with Crippen molar-refractivity contribution < 1.29 is 9.21 Å². The number of aryl methyl sites for hydroxylation is 1. The topological polar surface area (TPSA) is 62.7 Å². The van der Waals surface area contributed by atoms with E-state index in [0.29, 0.717) is 24.4 Å². The molecule has 6 heteroatoms. The summed E-state index contributed by atoms with van der Waals surface area (Å²) in [5.74, 6) is 1.05. The SMILES string of the molecule is NC(=S)CN1CCN(C(=O)CCc2ccco2)CC1. The number of thiocarbonyl (C=S) groups is 1. The van der Waals surface area contributed by atoms with Gasteiger partial charge in [-0.2, -0.15) is 0 Å². The predicted octanol–water partition coefficient (Wildman–Crippen LogP) is 0.642. The number of furan rings is 1. The molecule has 0 saturated carbocycles. The van der Waals surface area contributed by atoms with Gasteiger partial charge in [-0.1, -0.05) is 12.2 Å². The van der Waals surface area contributed by atoms with Crippen LogP contribution in [0, 0.1) is 0 Å². The van der Waals surface area contributed by atoms with Crippen LogP contribution in [0.5, 0.6) is 0 Å². The zero-order valence-corrected chi connectivity index (χ0v) is 11.7. The number of hydrogen-bond acceptors (Lipinski definition) is 4. The average Bonchev–Trinajstić information content (AvgIpc) is 2.89. The largest absolute Gasteiger partial charge is 0.469 e. The van der Waals surface area contributed by atoms with Crippen molar-refractivity contribution in [3.63, 3.8) is 0 Å². The molecule has 2 N–H and O–H groups in total. The van der Waals surface area contributed by atoms with Gasteiger partial charge in [0.2, 0.25) is 5.91 Å². The molecular formula is C13H19N3O2S. The lowest BCUT2D eigenvalue weighted by atomic mass is 10.2. The second kappa shape index (κ2) is 6.68. The first-order valence-corrected chi connectivity index (χ1v) is 6.87. The molecule has 1 saturated heterocycles. The van der Waals surface area contributed by atoms with Gasteiger partial charge in [0.25, 0.3) is 0 Å². The zero-order chi connectivity index (χ0) is 13.7. The Morgan fingerprint density at radius 2 is 2.11 bits per heavy atom. The lowest BCUT2D eigenvalue weighted by Crippen LogP contribution is -2.50. The second-order valence-electron chi connectivity index (χ2n) is 4.70. The normalized spacial score (nSPS) is 16.5. The number of carbonyl (C=O) groups is 1. The molecule has 1 aliphatic rings. The molecule has 1 aromatic heterocycles. The fourth-order valence-electron chi connectivity index (χ4n) is 2.22. The van der Waals surface area contributed by atoms with Crippen LogP contribution in [-0.2, 0) is 11.2 Å². The van der Waals surface area contributed by atoms with Gasteiger partial charge >= 0.3 is 0 Å². The molecule has 2 heterocycles. The van der Waals surface area contributed by atoms with Gasteiger partial charge in [-0.3, -0.25) is 9.69 Å². The maximum absolute atomic E-state index is 12.0. The highest BCUT2D eigenvalue weighted by molar-refractivity contribution is 7.80. The first kappa shape index (κ1) is 14.0. The number of carbonyl (C=O) groups excluding carboxylic acids is 1. The second-order valence-corrected chi connectivity index (χ2v) is 5.23. The Morgan fingerprint density at radius 3 is 2.68 bits per heavy atom. The first-order valence-electron chi connectivity index (χ1n) is 6.46. The van der Waals surface area contributed by atoms with E-state index in [1.54, 1.807) is 6.26 Å². The molecule has 0 radical (unpaired) electrons. The van der Waals surface area contributed by atoms with E-state index in [2.05, 4.69) is 4.90 Å². The number of piperazine rings is 1. The maximum Gasteiger partial charge on any atom is 0.223 e. The van der Waals surface area contributed by atoms with E-state index in [-0.39, 0.29) is 5.91 Å². The summed E-state index contributed by atoms with van der Waals surface area (Å²) < 4.78 is 5.22. The Bertz CT molecular complexity index is 425. The van der Waals surface area contributed by atoms with Crippen LogP contribution in [0.3, 0.4) is 0 Å². The van der Waals surface area contributed by atoms with Crippen molar-refractivity contribution in [2.45, 2.75) is 12.8 Å². The summed E-state index contributed by atoms with van der Waals surface area (Å²) in [5, 5.41) is 0. The highest BCUT2D eigenvalue weighted by Crippen LogP contribution is 2.08. The number of rotatable bonds is 5. The quantitative estimate of drug-likeness (QED) is 0.803. The van der Waals surface area contributed by atoms with Gasteiger partial charge in [-0.05, 0) is 12.1 Å². The molecule has 1 aromatic rings. The third-order valence-corrected chi connectivity index (χ3v) is 3.40. The van der Waals surface area contributed by atoms with Gasteiger partial charge < -0.3 is 15.1 Å². The van der Waals surface area contributed by atoms with Crippen LogP contribution in [-0.4, -0.2) is 53.4 Å². The van der Waals surface area contributed by atoms with E-state index in [1.165, 1.54) is 0 Å². The molecule has 1 aliphatic heterocycles. The highest BCUT2D eigenvalue weighted by Gasteiger charge is 2.21. The summed E-state index contributed by atoms with van der Waals surface area (Å²) in [7, 11) is 0. The number of amides is 1. The Labute approximate surface area is 118 Å². The first-order chi connectivity index (χ1) is 9.15. The number of hydrogen-bond donors (Lipinski definition) is 1. The van der Waals surface area contributed by atoms with E-state index in [9.17, 15) is 4.79 Å². The zero-order valence-electron chi connectivity index (χ0n) is 10.9. The standard InChI is InChI=1S/C13H19N3O2S/c14-12(19)10-15-5-7-16(8-6-15)13(17)4-3-11-2-1-9-18-11/h1-2,9H,3-8,10H2,(H2,14,19). The van der Waals surface area contributed by atoms with E-state index in [4.69, 9.17) is 22.4 Å². The van der Waals surface area contributed by atoms with E-state index in [0.717, 1.165) is 31.9 Å². The van der Waals surface area contributed by atoms with Gasteiger partial charge in [-0.25, -0.2) is 0 Å². The molecule has 0 spiro atoms. The summed E-state index contributed by atoms with van der Waals surface area (Å²) in [4.78, 5) is 16.6. The summed E-state index contributed by atoms with van der Waals surface area (Å²) in [6, 6.07) is 3.74. The molecule has 0 bridgehead atoms. The maximum atomic E-state index is 12.0. The number of nitrogens with two attached hydrogens (primary N) is 1. The molecule has 5 nitrogen and oxygen atoms in total. The van der Waals surface area contributed by atoms with Crippen molar-refractivity contribution in [1.29, 1.82) is 0 Å². The lowest BCUT2D eigenvalue weighted by Gasteiger charge is -2.34. The smallest absolute Gasteiger partial charge is 0.223 e. The fourth-order valence-corrected chi connectivity index (χ4v) is 2.40. The van der Waals surface area contributed by atoms with Gasteiger partial charge in [0.1, 0.15) is 5.76 Å². The highest BCUT2D eigenvalue weighted by atomic mass is 32.1. The van der Waals surface area contributed by atoms with Gasteiger partial charge in [-0.15, -0.1) is 0 Å². The van der Waals surface area contributed by atoms with Crippen LogP contribution >= 0.6 is 12.2 Å². The Morgan fingerprint density at radius 1 is 1.37 bits per heavy atom. The Balaban J connectivity index is 1.71. The molecule has 0 aliphatic carbocycles. The van der Waals surface area contributed by atoms with Gasteiger partial charge in [0, 0.05) is 45.6 Å². The average molecular weight is 281 g/mol. The van der Waals surface area contributed by atoms with Crippen LogP contribution < -0.4 is 5.73 Å². The third-order valence-electron chi connectivity index (χ3n) is 3.27. The molecule has 104 valence electrons. The molecule has 19 heavy (non-hydrogen) atoms. The summed E-state index contributed by atoms with van der Waals surface area (Å²) in [6.07, 6.45) is 2.80. The molecule has 1 amide bonds. The monoisotopic (exact) mass is 281 g/mol. The van der Waals surface area contributed by atoms with Crippen molar-refractivity contribution in [2.75, 3.05) is 32.7 Å². The van der Waals surface area contributed by atoms with Crippen molar-refractivity contribution in [3.05, 3.63) is 24.2 Å². The fraction of sp³-hybridized carbons (Fsp3) is 0.538. The Hall–Kier alpha value is -1.40. The minimum absolute atomic E-state index is 0.186. The lowest BCUT2D eigenvalue weighted by molar-refractivity contribution is -0.132. The van der Waals surface area contributed by atoms with E-state index >= 15 is 0 Å². The van der Waals surface area contributed by atoms with Crippen LogP contribution in [0.4, 0.5) is 0 Å². The number of nitrogens with zero attached hydrogens (tertiary/aromatic N) is 2.